The summed E-state index contributed by atoms with van der Waals surface area (Å²) in [6.45, 7) is 3.94. The van der Waals surface area contributed by atoms with Crippen molar-refractivity contribution in [3.8, 4) is 11.5 Å². The van der Waals surface area contributed by atoms with Gasteiger partial charge in [0.1, 0.15) is 11.3 Å². The highest BCUT2D eigenvalue weighted by atomic mass is 32.1. The molecule has 2 aromatic carbocycles. The molecule has 1 amide bonds. The second-order valence-corrected chi connectivity index (χ2v) is 9.96. The molecule has 2 aromatic heterocycles. The fourth-order valence-corrected chi connectivity index (χ4v) is 4.54. The van der Waals surface area contributed by atoms with Crippen molar-refractivity contribution in [2.75, 3.05) is 7.05 Å². The number of nitrogens with one attached hydrogen (secondary N) is 2. The Morgan fingerprint density at radius 2 is 1.92 bits per heavy atom. The molecule has 0 radical (unpaired) electrons. The summed E-state index contributed by atoms with van der Waals surface area (Å²) in [7, 11) is 1.69. The van der Waals surface area contributed by atoms with E-state index >= 15 is 0 Å². The zero-order chi connectivity index (χ0) is 26.6. The number of nitrogens with two attached hydrogens (primary N) is 1. The van der Waals surface area contributed by atoms with E-state index in [1.54, 1.807) is 37.1 Å². The molecule has 0 saturated carbocycles. The second-order valence-electron chi connectivity index (χ2n) is 9.02. The van der Waals surface area contributed by atoms with Gasteiger partial charge < -0.3 is 19.8 Å². The molecule has 4 aromatic rings. The highest BCUT2D eigenvalue weighted by Crippen LogP contribution is 2.24. The van der Waals surface area contributed by atoms with E-state index < -0.39 is 5.54 Å². The Balaban J connectivity index is 1.57. The molecule has 0 aliphatic rings. The number of hydrogen-bond acceptors (Lipinski definition) is 9. The lowest BCUT2D eigenvalue weighted by Crippen LogP contribution is -2.48. The predicted octanol–water partition coefficient (Wildman–Crippen LogP) is 4.66. The minimum Gasteiger partial charge on any atom is -0.445 e. The third kappa shape index (κ3) is 6.35. The molecule has 0 unspecified atom stereocenters. The standard InChI is InChI=1S/C27H28N6O3S/c1-17-16-37-22(32-17)15-33(3)25(34)21-12-19(11-20(13-21)24-31-9-10-35-24)23(28)36-26(29)27(2,30)14-18-7-5-4-6-8-18/h4-13,16,28-29H,14-15,30H2,1-3H3/t27-/m1/s1. The zero-order valence-electron chi connectivity index (χ0n) is 20.8. The maximum absolute atomic E-state index is 13.3. The lowest BCUT2D eigenvalue weighted by atomic mass is 9.93. The molecular formula is C27H28N6O3S. The molecule has 2 heterocycles. The lowest BCUT2D eigenvalue weighted by molar-refractivity contribution is 0.0785. The number of aromatic nitrogens is 2. The number of aryl methyl sites for hydroxylation is 1. The first-order valence-corrected chi connectivity index (χ1v) is 12.4. The smallest absolute Gasteiger partial charge is 0.254 e. The third-order valence-corrected chi connectivity index (χ3v) is 6.60. The van der Waals surface area contributed by atoms with Gasteiger partial charge in [-0.15, -0.1) is 11.3 Å². The second kappa shape index (κ2) is 10.9. The van der Waals surface area contributed by atoms with Crippen LogP contribution in [0.25, 0.3) is 11.5 Å². The van der Waals surface area contributed by atoms with Crippen molar-refractivity contribution in [3.05, 3.63) is 93.8 Å². The first-order chi connectivity index (χ1) is 17.6. The SMILES string of the molecule is Cc1csc(CN(C)C(=O)c2cc(C(=N)OC(=N)[C@](C)(N)Cc3ccccc3)cc(-c3ncco3)c2)n1. The third-order valence-electron chi connectivity index (χ3n) is 5.64. The molecule has 1 atom stereocenters. The Kier molecular flexibility index (Phi) is 7.61. The van der Waals surface area contributed by atoms with Crippen molar-refractivity contribution in [1.29, 1.82) is 10.8 Å². The van der Waals surface area contributed by atoms with Crippen LogP contribution < -0.4 is 5.73 Å². The van der Waals surface area contributed by atoms with Crippen LogP contribution in [0.5, 0.6) is 0 Å². The number of hydrogen-bond donors (Lipinski definition) is 3. The first-order valence-electron chi connectivity index (χ1n) is 11.5. The molecule has 0 spiro atoms. The highest BCUT2D eigenvalue weighted by molar-refractivity contribution is 7.09. The molecule has 0 aliphatic heterocycles. The van der Waals surface area contributed by atoms with Crippen LogP contribution in [-0.4, -0.2) is 45.2 Å². The molecule has 0 saturated heterocycles. The van der Waals surface area contributed by atoms with E-state index in [2.05, 4.69) is 9.97 Å². The van der Waals surface area contributed by atoms with Crippen molar-refractivity contribution >= 4 is 29.0 Å². The van der Waals surface area contributed by atoms with Gasteiger partial charge in [-0.3, -0.25) is 15.6 Å². The summed E-state index contributed by atoms with van der Waals surface area (Å²) in [5, 5.41) is 19.8. The molecular weight excluding hydrogens is 488 g/mol. The van der Waals surface area contributed by atoms with E-state index in [0.717, 1.165) is 16.3 Å². The zero-order valence-corrected chi connectivity index (χ0v) is 21.6. The summed E-state index contributed by atoms with van der Waals surface area (Å²) >= 11 is 1.49. The number of ether oxygens (including phenoxy) is 1. The number of nitrogens with zero attached hydrogens (tertiary/aromatic N) is 3. The van der Waals surface area contributed by atoms with Crippen molar-refractivity contribution in [2.45, 2.75) is 32.4 Å². The summed E-state index contributed by atoms with van der Waals surface area (Å²) in [6.07, 6.45) is 3.30. The van der Waals surface area contributed by atoms with Gasteiger partial charge in [-0.25, -0.2) is 9.97 Å². The number of thiazole rings is 1. The van der Waals surface area contributed by atoms with E-state index in [0.29, 0.717) is 30.0 Å². The van der Waals surface area contributed by atoms with E-state index in [9.17, 15) is 4.79 Å². The molecule has 4 rings (SSSR count). The van der Waals surface area contributed by atoms with Gasteiger partial charge in [0.2, 0.25) is 17.7 Å². The summed E-state index contributed by atoms with van der Waals surface area (Å²) in [5.41, 5.74) is 8.21. The van der Waals surface area contributed by atoms with E-state index in [1.807, 2.05) is 42.6 Å². The molecule has 9 nitrogen and oxygen atoms in total. The number of amides is 1. The minimum atomic E-state index is -1.14. The van der Waals surface area contributed by atoms with E-state index in [1.165, 1.54) is 23.8 Å². The Morgan fingerprint density at radius 3 is 2.57 bits per heavy atom. The molecule has 0 fully saturated rings. The summed E-state index contributed by atoms with van der Waals surface area (Å²) < 4.78 is 11.0. The Hall–Kier alpha value is -4.15. The van der Waals surface area contributed by atoms with Crippen LogP contribution in [0.3, 0.4) is 0 Å². The van der Waals surface area contributed by atoms with E-state index in [4.69, 9.17) is 25.7 Å². The van der Waals surface area contributed by atoms with Gasteiger partial charge in [-0.05, 0) is 44.0 Å². The fraction of sp³-hybridized carbons (Fsp3) is 0.222. The van der Waals surface area contributed by atoms with Gasteiger partial charge in [0.25, 0.3) is 5.91 Å². The van der Waals surface area contributed by atoms with Gasteiger partial charge in [-0.2, -0.15) is 0 Å². The first kappa shape index (κ1) is 25.9. The largest absolute Gasteiger partial charge is 0.445 e. The average molecular weight is 517 g/mol. The molecule has 37 heavy (non-hydrogen) atoms. The maximum Gasteiger partial charge on any atom is 0.254 e. The van der Waals surface area contributed by atoms with E-state index in [-0.39, 0.29) is 23.3 Å². The van der Waals surface area contributed by atoms with Crippen LogP contribution in [0, 0.1) is 17.7 Å². The topological polar surface area (TPSA) is 142 Å². The summed E-state index contributed by atoms with van der Waals surface area (Å²) in [6, 6.07) is 14.4. The van der Waals surface area contributed by atoms with Crippen molar-refractivity contribution in [1.82, 2.24) is 14.9 Å². The van der Waals surface area contributed by atoms with Gasteiger partial charge in [0.15, 0.2) is 0 Å². The number of carbonyl (C=O) groups excluding carboxylic acids is 1. The van der Waals surface area contributed by atoms with Crippen LogP contribution in [0.1, 0.15) is 39.1 Å². The predicted molar refractivity (Wildman–Crippen MR) is 143 cm³/mol. The Morgan fingerprint density at radius 1 is 1.19 bits per heavy atom. The quantitative estimate of drug-likeness (QED) is 0.230. The lowest BCUT2D eigenvalue weighted by Gasteiger charge is -2.25. The van der Waals surface area contributed by atoms with Gasteiger partial charge in [-0.1, -0.05) is 30.3 Å². The van der Waals surface area contributed by atoms with Crippen LogP contribution in [0.4, 0.5) is 0 Å². The average Bonchev–Trinajstić information content (AvgIpc) is 3.55. The van der Waals surface area contributed by atoms with Crippen molar-refractivity contribution in [2.24, 2.45) is 5.73 Å². The van der Waals surface area contributed by atoms with Crippen molar-refractivity contribution < 1.29 is 13.9 Å². The fourth-order valence-electron chi connectivity index (χ4n) is 3.72. The summed E-state index contributed by atoms with van der Waals surface area (Å²) in [4.78, 5) is 23.5. The Bertz CT molecular complexity index is 1410. The molecule has 0 bridgehead atoms. The molecule has 0 aliphatic carbocycles. The summed E-state index contributed by atoms with van der Waals surface area (Å²) in [5.74, 6) is -0.537. The van der Waals surface area contributed by atoms with Gasteiger partial charge >= 0.3 is 0 Å². The van der Waals surface area contributed by atoms with Crippen LogP contribution >= 0.6 is 11.3 Å². The normalized spacial score (nSPS) is 12.5. The molecule has 10 heteroatoms. The maximum atomic E-state index is 13.3. The minimum absolute atomic E-state index is 0.257. The van der Waals surface area contributed by atoms with Gasteiger partial charge in [0.05, 0.1) is 18.3 Å². The Labute approximate surface area is 219 Å². The highest BCUT2D eigenvalue weighted by Gasteiger charge is 2.29. The molecule has 190 valence electrons. The van der Waals surface area contributed by atoms with Crippen LogP contribution in [0.2, 0.25) is 0 Å². The van der Waals surface area contributed by atoms with Crippen molar-refractivity contribution in [3.63, 3.8) is 0 Å². The number of oxazole rings is 1. The monoisotopic (exact) mass is 516 g/mol. The number of benzene rings is 2. The molecule has 4 N–H and O–H groups in total. The number of carbonyl (C=O) groups is 1. The van der Waals surface area contributed by atoms with Crippen LogP contribution in [-0.2, 0) is 17.7 Å². The van der Waals surface area contributed by atoms with Crippen LogP contribution in [0.15, 0.2) is 70.8 Å². The van der Waals surface area contributed by atoms with Gasteiger partial charge in [0, 0.05) is 34.8 Å². The number of rotatable bonds is 8.